The number of likely N-dealkylation sites (tertiary alicyclic amines) is 1. The van der Waals surface area contributed by atoms with Crippen molar-refractivity contribution in [1.82, 2.24) is 4.90 Å². The Kier molecular flexibility index (Phi) is 3.55. The Morgan fingerprint density at radius 1 is 1.33 bits per heavy atom. The summed E-state index contributed by atoms with van der Waals surface area (Å²) in [6.45, 7) is 3.76. The van der Waals surface area contributed by atoms with Gasteiger partial charge < -0.3 is 4.90 Å². The first-order valence-corrected chi connectivity index (χ1v) is 6.55. The van der Waals surface area contributed by atoms with Gasteiger partial charge >= 0.3 is 0 Å². The second kappa shape index (κ2) is 4.73. The lowest BCUT2D eigenvalue weighted by Gasteiger charge is -2.36. The van der Waals surface area contributed by atoms with Crippen LogP contribution in [0.3, 0.4) is 0 Å². The molecule has 2 aliphatic rings. The van der Waals surface area contributed by atoms with Crippen LogP contribution in [0.4, 0.5) is 0 Å². The Labute approximate surface area is 97.0 Å². The standard InChI is InChI=1S/C12H20ClNO/c1-9(10-4-2-5-10)12(15)14-7-3-6-11(13)8-14/h9-11H,2-8H2,1H3. The monoisotopic (exact) mass is 229 g/mol. The van der Waals surface area contributed by atoms with Crippen molar-refractivity contribution in [3.05, 3.63) is 0 Å². The number of piperidine rings is 1. The van der Waals surface area contributed by atoms with Gasteiger partial charge in [-0.3, -0.25) is 4.79 Å². The average molecular weight is 230 g/mol. The van der Waals surface area contributed by atoms with Gasteiger partial charge in [0.25, 0.3) is 0 Å². The second-order valence-electron chi connectivity index (χ2n) is 5.00. The van der Waals surface area contributed by atoms with E-state index in [2.05, 4.69) is 6.92 Å². The molecule has 3 heteroatoms. The lowest BCUT2D eigenvalue weighted by atomic mass is 9.76. The third kappa shape index (κ3) is 2.47. The molecule has 2 rings (SSSR count). The number of amides is 1. The van der Waals surface area contributed by atoms with Crippen LogP contribution in [0.2, 0.25) is 0 Å². The van der Waals surface area contributed by atoms with Crippen LogP contribution >= 0.6 is 11.6 Å². The highest BCUT2D eigenvalue weighted by atomic mass is 35.5. The van der Waals surface area contributed by atoms with Crippen LogP contribution in [-0.4, -0.2) is 29.3 Å². The molecule has 1 heterocycles. The second-order valence-corrected chi connectivity index (χ2v) is 5.62. The van der Waals surface area contributed by atoms with E-state index in [4.69, 9.17) is 11.6 Å². The number of alkyl halides is 1. The minimum absolute atomic E-state index is 0.177. The van der Waals surface area contributed by atoms with Crippen LogP contribution < -0.4 is 0 Å². The summed E-state index contributed by atoms with van der Waals surface area (Å²) in [6, 6.07) is 0. The van der Waals surface area contributed by atoms with Gasteiger partial charge in [-0.2, -0.15) is 0 Å². The molecule has 0 aromatic heterocycles. The molecule has 0 N–H and O–H groups in total. The highest BCUT2D eigenvalue weighted by molar-refractivity contribution is 6.20. The van der Waals surface area contributed by atoms with Gasteiger partial charge in [-0.1, -0.05) is 13.3 Å². The van der Waals surface area contributed by atoms with Crippen LogP contribution in [0.5, 0.6) is 0 Å². The van der Waals surface area contributed by atoms with Gasteiger partial charge in [-0.05, 0) is 31.6 Å². The van der Waals surface area contributed by atoms with Gasteiger partial charge in [0.15, 0.2) is 0 Å². The Bertz CT molecular complexity index is 240. The van der Waals surface area contributed by atoms with E-state index in [1.165, 1.54) is 19.3 Å². The number of halogens is 1. The normalized spacial score (nSPS) is 29.7. The van der Waals surface area contributed by atoms with Crippen molar-refractivity contribution in [3.8, 4) is 0 Å². The molecule has 2 atom stereocenters. The largest absolute Gasteiger partial charge is 0.341 e. The van der Waals surface area contributed by atoms with Crippen LogP contribution in [0.15, 0.2) is 0 Å². The Morgan fingerprint density at radius 2 is 2.07 bits per heavy atom. The third-order valence-electron chi connectivity index (χ3n) is 3.92. The predicted molar refractivity (Wildman–Crippen MR) is 62.0 cm³/mol. The minimum atomic E-state index is 0.177. The number of rotatable bonds is 2. The van der Waals surface area contributed by atoms with E-state index in [1.807, 2.05) is 4.90 Å². The Hall–Kier alpha value is -0.240. The van der Waals surface area contributed by atoms with Crippen LogP contribution in [0, 0.1) is 11.8 Å². The lowest BCUT2D eigenvalue weighted by Crippen LogP contribution is -2.45. The fourth-order valence-electron chi connectivity index (χ4n) is 2.55. The van der Waals surface area contributed by atoms with Gasteiger partial charge in [-0.15, -0.1) is 11.6 Å². The average Bonchev–Trinajstić information content (AvgIpc) is 2.14. The zero-order valence-electron chi connectivity index (χ0n) is 9.42. The molecule has 1 aliphatic heterocycles. The van der Waals surface area contributed by atoms with Crippen molar-refractivity contribution in [1.29, 1.82) is 0 Å². The topological polar surface area (TPSA) is 20.3 Å². The van der Waals surface area contributed by atoms with Crippen LogP contribution in [0.25, 0.3) is 0 Å². The maximum atomic E-state index is 12.1. The number of hydrogen-bond acceptors (Lipinski definition) is 1. The maximum absolute atomic E-state index is 12.1. The molecule has 15 heavy (non-hydrogen) atoms. The van der Waals surface area contributed by atoms with Crippen molar-refractivity contribution < 1.29 is 4.79 Å². The molecule has 0 aromatic carbocycles. The zero-order chi connectivity index (χ0) is 10.8. The summed E-state index contributed by atoms with van der Waals surface area (Å²) in [4.78, 5) is 14.1. The summed E-state index contributed by atoms with van der Waals surface area (Å²) in [5.41, 5.74) is 0. The number of carbonyl (C=O) groups is 1. The predicted octanol–water partition coefficient (Wildman–Crippen LogP) is 2.65. The van der Waals surface area contributed by atoms with Gasteiger partial charge in [0.2, 0.25) is 5.91 Å². The molecule has 1 saturated carbocycles. The first-order chi connectivity index (χ1) is 7.18. The number of carbonyl (C=O) groups excluding carboxylic acids is 1. The van der Waals surface area contributed by atoms with Crippen molar-refractivity contribution in [2.75, 3.05) is 13.1 Å². The fraction of sp³-hybridized carbons (Fsp3) is 0.917. The SMILES string of the molecule is CC(C(=O)N1CCCC(Cl)C1)C1CCC1. The molecule has 1 aliphatic carbocycles. The van der Waals surface area contributed by atoms with E-state index in [-0.39, 0.29) is 11.3 Å². The van der Waals surface area contributed by atoms with E-state index in [0.717, 1.165) is 25.9 Å². The fourth-order valence-corrected chi connectivity index (χ4v) is 2.88. The molecule has 0 bridgehead atoms. The maximum Gasteiger partial charge on any atom is 0.225 e. The van der Waals surface area contributed by atoms with Gasteiger partial charge in [0.1, 0.15) is 0 Å². The first kappa shape index (κ1) is 11.3. The van der Waals surface area contributed by atoms with Gasteiger partial charge in [0.05, 0.1) is 5.38 Å². The van der Waals surface area contributed by atoms with Gasteiger partial charge in [0, 0.05) is 19.0 Å². The third-order valence-corrected chi connectivity index (χ3v) is 4.28. The molecule has 0 radical (unpaired) electrons. The molecule has 0 aromatic rings. The van der Waals surface area contributed by atoms with Crippen molar-refractivity contribution in [2.24, 2.45) is 11.8 Å². The van der Waals surface area contributed by atoms with E-state index in [0.29, 0.717) is 11.8 Å². The minimum Gasteiger partial charge on any atom is -0.341 e. The van der Waals surface area contributed by atoms with E-state index in [1.54, 1.807) is 0 Å². The van der Waals surface area contributed by atoms with E-state index in [9.17, 15) is 4.79 Å². The Balaban J connectivity index is 1.88. The molecule has 1 saturated heterocycles. The molecule has 2 nitrogen and oxygen atoms in total. The quantitative estimate of drug-likeness (QED) is 0.667. The summed E-state index contributed by atoms with van der Waals surface area (Å²) in [6.07, 6.45) is 5.91. The van der Waals surface area contributed by atoms with Crippen molar-refractivity contribution in [2.45, 2.75) is 44.4 Å². The highest BCUT2D eigenvalue weighted by Crippen LogP contribution is 2.34. The van der Waals surface area contributed by atoms with Crippen LogP contribution in [0.1, 0.15) is 39.0 Å². The van der Waals surface area contributed by atoms with Gasteiger partial charge in [-0.25, -0.2) is 0 Å². The zero-order valence-corrected chi connectivity index (χ0v) is 10.2. The Morgan fingerprint density at radius 3 is 2.60 bits per heavy atom. The summed E-state index contributed by atoms with van der Waals surface area (Å²) >= 11 is 6.09. The molecular weight excluding hydrogens is 210 g/mol. The van der Waals surface area contributed by atoms with Crippen molar-refractivity contribution >= 4 is 17.5 Å². The first-order valence-electron chi connectivity index (χ1n) is 6.11. The highest BCUT2D eigenvalue weighted by Gasteiger charge is 2.33. The van der Waals surface area contributed by atoms with Crippen molar-refractivity contribution in [3.63, 3.8) is 0 Å². The van der Waals surface area contributed by atoms with Crippen LogP contribution in [-0.2, 0) is 4.79 Å². The van der Waals surface area contributed by atoms with E-state index >= 15 is 0 Å². The molecular formula is C12H20ClNO. The number of nitrogens with zero attached hydrogens (tertiary/aromatic N) is 1. The smallest absolute Gasteiger partial charge is 0.225 e. The molecule has 86 valence electrons. The summed E-state index contributed by atoms with van der Waals surface area (Å²) in [5.74, 6) is 1.21. The molecule has 0 spiro atoms. The summed E-state index contributed by atoms with van der Waals surface area (Å²) in [5, 5.41) is 0.177. The van der Waals surface area contributed by atoms with E-state index < -0.39 is 0 Å². The molecule has 1 amide bonds. The summed E-state index contributed by atoms with van der Waals surface area (Å²) in [7, 11) is 0. The molecule has 2 fully saturated rings. The lowest BCUT2D eigenvalue weighted by molar-refractivity contribution is -0.138. The summed E-state index contributed by atoms with van der Waals surface area (Å²) < 4.78 is 0. The molecule has 2 unspecified atom stereocenters. The number of hydrogen-bond donors (Lipinski definition) is 0.